The Balaban J connectivity index is 0.000000183. The Morgan fingerprint density at radius 3 is 1.48 bits per heavy atom. The van der Waals surface area contributed by atoms with E-state index in [1.807, 2.05) is 0 Å². The molecule has 0 radical (unpaired) electrons. The van der Waals surface area contributed by atoms with Crippen molar-refractivity contribution in [2.75, 3.05) is 0 Å². The third-order valence-electron chi connectivity index (χ3n) is 2.62. The molecule has 29 heavy (non-hydrogen) atoms. The number of nitrogens with one attached hydrogen (secondary N) is 2. The predicted octanol–water partition coefficient (Wildman–Crippen LogP) is 4.98. The molecule has 15 heteroatoms. The van der Waals surface area contributed by atoms with Gasteiger partial charge in [-0.05, 0) is 47.5 Å². The van der Waals surface area contributed by atoms with Gasteiger partial charge in [-0.2, -0.15) is 20.2 Å². The van der Waals surface area contributed by atoms with Gasteiger partial charge in [-0.1, -0.05) is 0 Å². The quantitative estimate of drug-likeness (QED) is 0.283. The van der Waals surface area contributed by atoms with Crippen molar-refractivity contribution in [3.05, 3.63) is 58.9 Å². The fourth-order valence-corrected chi connectivity index (χ4v) is 1.87. The summed E-state index contributed by atoms with van der Waals surface area (Å²) in [6, 6.07) is 6.71. The van der Waals surface area contributed by atoms with Crippen LogP contribution < -0.4 is 0 Å². The molecular weight excluding hydrogens is 519 g/mol. The molecule has 0 aliphatic rings. The SMILES string of the molecule is Clc1ccc(/C=N/c2ncn[nH]2)o1.Clc1ccc(/C=N/c2ncn[nH]2)o1.[Cl][Zn][Cl]. The van der Waals surface area contributed by atoms with Crippen molar-refractivity contribution < 1.29 is 24.0 Å². The summed E-state index contributed by atoms with van der Waals surface area (Å²) in [5.74, 6) is 1.99. The van der Waals surface area contributed by atoms with Crippen molar-refractivity contribution >= 4 is 66.9 Å². The van der Waals surface area contributed by atoms with Gasteiger partial charge in [0.2, 0.25) is 11.9 Å². The summed E-state index contributed by atoms with van der Waals surface area (Å²) in [5.41, 5.74) is 0. The van der Waals surface area contributed by atoms with Gasteiger partial charge in [-0.3, -0.25) is 0 Å². The molecule has 4 aromatic rings. The molecule has 0 fully saturated rings. The molecule has 0 unspecified atom stereocenters. The number of rotatable bonds is 4. The maximum atomic E-state index is 5.56. The van der Waals surface area contributed by atoms with Crippen LogP contribution in [-0.4, -0.2) is 42.8 Å². The first kappa shape index (κ1) is 23.2. The average Bonchev–Trinajstić information content (AvgIpc) is 3.49. The van der Waals surface area contributed by atoms with E-state index >= 15 is 0 Å². The van der Waals surface area contributed by atoms with Crippen molar-refractivity contribution in [3.63, 3.8) is 0 Å². The van der Waals surface area contributed by atoms with E-state index in [1.54, 1.807) is 24.3 Å². The van der Waals surface area contributed by atoms with Crippen LogP contribution in [0.5, 0.6) is 0 Å². The van der Waals surface area contributed by atoms with Crippen LogP contribution in [0.2, 0.25) is 10.4 Å². The minimum absolute atomic E-state index is 0.332. The molecule has 4 heterocycles. The first-order chi connectivity index (χ1) is 14.1. The summed E-state index contributed by atoms with van der Waals surface area (Å²) in [6.07, 6.45) is 5.77. The van der Waals surface area contributed by atoms with Crippen molar-refractivity contribution in [3.8, 4) is 0 Å². The van der Waals surface area contributed by atoms with Crippen LogP contribution in [0.1, 0.15) is 11.5 Å². The summed E-state index contributed by atoms with van der Waals surface area (Å²) in [6.45, 7) is 0. The van der Waals surface area contributed by atoms with Gasteiger partial charge in [0, 0.05) is 0 Å². The number of halogens is 4. The Morgan fingerprint density at radius 1 is 0.793 bits per heavy atom. The maximum absolute atomic E-state index is 5.56. The Morgan fingerprint density at radius 2 is 1.21 bits per heavy atom. The van der Waals surface area contributed by atoms with Gasteiger partial charge in [0.15, 0.2) is 10.4 Å². The molecular formula is C14H10Cl4N8O2Zn. The summed E-state index contributed by atoms with van der Waals surface area (Å²) in [4.78, 5) is 15.5. The van der Waals surface area contributed by atoms with E-state index in [-0.39, 0.29) is 0 Å². The van der Waals surface area contributed by atoms with Gasteiger partial charge in [-0.25, -0.2) is 20.2 Å². The third kappa shape index (κ3) is 9.34. The second-order valence-electron chi connectivity index (χ2n) is 4.52. The Hall–Kier alpha value is -2.04. The molecule has 148 valence electrons. The first-order valence-corrected chi connectivity index (χ1v) is 16.1. The van der Waals surface area contributed by atoms with Crippen molar-refractivity contribution in [1.29, 1.82) is 0 Å². The Bertz CT molecular complexity index is 920. The van der Waals surface area contributed by atoms with Crippen LogP contribution in [0.15, 0.2) is 55.7 Å². The predicted molar refractivity (Wildman–Crippen MR) is 106 cm³/mol. The van der Waals surface area contributed by atoms with Crippen LogP contribution in [0, 0.1) is 0 Å². The molecule has 0 amide bonds. The van der Waals surface area contributed by atoms with Crippen LogP contribution in [0.25, 0.3) is 0 Å². The minimum atomic E-state index is -0.931. The number of hydrogen-bond acceptors (Lipinski definition) is 8. The van der Waals surface area contributed by atoms with Crippen molar-refractivity contribution in [2.24, 2.45) is 9.98 Å². The van der Waals surface area contributed by atoms with Crippen molar-refractivity contribution in [2.45, 2.75) is 0 Å². The summed E-state index contributed by atoms with van der Waals surface area (Å²) in [5, 5.41) is 13.1. The number of aromatic amines is 2. The fraction of sp³-hybridized carbons (Fsp3) is 0. The molecule has 4 rings (SSSR count). The molecule has 0 aliphatic carbocycles. The second-order valence-corrected chi connectivity index (χ2v) is 9.89. The van der Waals surface area contributed by atoms with Gasteiger partial charge in [-0.15, -0.1) is 0 Å². The van der Waals surface area contributed by atoms with E-state index in [4.69, 9.17) is 51.4 Å². The zero-order valence-electron chi connectivity index (χ0n) is 14.3. The molecule has 0 aromatic carbocycles. The van der Waals surface area contributed by atoms with E-state index < -0.39 is 15.1 Å². The van der Waals surface area contributed by atoms with Gasteiger partial charge in [0.05, 0.1) is 12.4 Å². The zero-order valence-corrected chi connectivity index (χ0v) is 20.3. The molecule has 0 saturated carbocycles. The van der Waals surface area contributed by atoms with Crippen LogP contribution in [0.3, 0.4) is 0 Å². The molecule has 0 saturated heterocycles. The van der Waals surface area contributed by atoms with Crippen LogP contribution in [-0.2, 0) is 15.1 Å². The van der Waals surface area contributed by atoms with E-state index in [0.717, 1.165) is 0 Å². The van der Waals surface area contributed by atoms with Gasteiger partial charge in [0.1, 0.15) is 24.2 Å². The first-order valence-electron chi connectivity index (χ1n) is 7.52. The standard InChI is InChI=1S/2C7H5ClN4O.2ClH.Zn/c2*8-6-2-1-5(13-6)3-9-7-10-4-11-12-7;;;/h2*1-4H,(H,10,11,12);2*1H;/q;;;;+2/p-2/b2*9-3+;;;. The number of aliphatic imine (C=N–C) groups is 2. The number of hydrogen-bond donors (Lipinski definition) is 2. The van der Waals surface area contributed by atoms with Crippen LogP contribution in [0.4, 0.5) is 11.9 Å². The summed E-state index contributed by atoms with van der Waals surface area (Å²) < 4.78 is 10.1. The molecule has 0 spiro atoms. The molecule has 0 aliphatic heterocycles. The van der Waals surface area contributed by atoms with E-state index in [0.29, 0.717) is 33.9 Å². The van der Waals surface area contributed by atoms with Gasteiger partial charge < -0.3 is 8.83 Å². The third-order valence-corrected chi connectivity index (χ3v) is 3.03. The topological polar surface area (TPSA) is 134 Å². The summed E-state index contributed by atoms with van der Waals surface area (Å²) >= 11 is 10.2. The Kier molecular flexibility index (Phi) is 10.6. The van der Waals surface area contributed by atoms with E-state index in [1.165, 1.54) is 25.1 Å². The van der Waals surface area contributed by atoms with Gasteiger partial charge >= 0.3 is 34.5 Å². The Labute approximate surface area is 189 Å². The van der Waals surface area contributed by atoms with E-state index in [2.05, 4.69) is 40.3 Å². The molecule has 4 aromatic heterocycles. The fourth-order valence-electron chi connectivity index (χ4n) is 1.57. The monoisotopic (exact) mass is 526 g/mol. The number of furan rings is 2. The zero-order chi connectivity index (χ0) is 20.9. The molecule has 0 bridgehead atoms. The van der Waals surface area contributed by atoms with Crippen LogP contribution >= 0.6 is 42.6 Å². The number of nitrogens with zero attached hydrogens (tertiary/aromatic N) is 6. The summed E-state index contributed by atoms with van der Waals surface area (Å²) in [7, 11) is 9.90. The average molecular weight is 529 g/mol. The molecule has 10 nitrogen and oxygen atoms in total. The number of H-pyrrole nitrogens is 2. The van der Waals surface area contributed by atoms with E-state index in [9.17, 15) is 0 Å². The van der Waals surface area contributed by atoms with Gasteiger partial charge in [0.25, 0.3) is 0 Å². The molecule has 0 atom stereocenters. The van der Waals surface area contributed by atoms with Crippen molar-refractivity contribution in [1.82, 2.24) is 30.4 Å². The molecule has 2 N–H and O–H groups in total. The number of aromatic nitrogens is 6. The second kappa shape index (κ2) is 13.2. The normalized spacial score (nSPS) is 10.3.